The Bertz CT molecular complexity index is 798. The van der Waals surface area contributed by atoms with E-state index in [2.05, 4.69) is 21.9 Å². The molecule has 1 saturated heterocycles. The summed E-state index contributed by atoms with van der Waals surface area (Å²) in [7, 11) is 0. The van der Waals surface area contributed by atoms with Crippen molar-refractivity contribution in [2.75, 3.05) is 36.0 Å². The first kappa shape index (κ1) is 16.1. The first-order valence-corrected chi connectivity index (χ1v) is 8.23. The molecule has 0 bridgehead atoms. The maximum absolute atomic E-state index is 12.1. The fourth-order valence-corrected chi connectivity index (χ4v) is 2.98. The van der Waals surface area contributed by atoms with Crippen LogP contribution in [0.1, 0.15) is 31.1 Å². The van der Waals surface area contributed by atoms with Crippen LogP contribution in [0.4, 0.5) is 11.4 Å². The van der Waals surface area contributed by atoms with Crippen molar-refractivity contribution in [1.82, 2.24) is 0 Å². The molecule has 0 N–H and O–H groups in total. The van der Waals surface area contributed by atoms with E-state index in [9.17, 15) is 10.1 Å². The van der Waals surface area contributed by atoms with E-state index in [0.717, 1.165) is 26.2 Å². The number of para-hydroxylation sites is 1. The molecule has 0 radical (unpaired) electrons. The summed E-state index contributed by atoms with van der Waals surface area (Å²) in [6, 6.07) is 14.1. The molecule has 0 unspecified atom stereocenters. The van der Waals surface area contributed by atoms with Gasteiger partial charge in [-0.25, -0.2) is 4.79 Å². The highest BCUT2D eigenvalue weighted by Crippen LogP contribution is 2.25. The Morgan fingerprint density at radius 3 is 2.29 bits per heavy atom. The zero-order chi connectivity index (χ0) is 17.1. The van der Waals surface area contributed by atoms with Gasteiger partial charge in [0.05, 0.1) is 5.69 Å². The second-order valence-corrected chi connectivity index (χ2v) is 6.27. The monoisotopic (exact) mass is 323 g/mol. The summed E-state index contributed by atoms with van der Waals surface area (Å²) < 4.78 is 5.27. The quantitative estimate of drug-likeness (QED) is 0.869. The minimum atomic E-state index is -0.538. The molecule has 1 aromatic heterocycles. The number of rotatable bonds is 3. The van der Waals surface area contributed by atoms with Gasteiger partial charge in [-0.05, 0) is 12.1 Å². The predicted octanol–water partition coefficient (Wildman–Crippen LogP) is 2.96. The van der Waals surface area contributed by atoms with Crippen LogP contribution in [0.5, 0.6) is 0 Å². The van der Waals surface area contributed by atoms with Gasteiger partial charge >= 0.3 is 5.63 Å². The van der Waals surface area contributed by atoms with Crippen LogP contribution in [0, 0.1) is 11.3 Å². The SMILES string of the molecule is CC(C)c1cc(N2CCN(c3ccccc3)CC2)c(C#N)c(=O)o1. The van der Waals surface area contributed by atoms with Gasteiger partial charge in [0, 0.05) is 43.9 Å². The van der Waals surface area contributed by atoms with Gasteiger partial charge in [-0.15, -0.1) is 0 Å². The molecule has 3 rings (SSSR count). The van der Waals surface area contributed by atoms with Gasteiger partial charge in [0.1, 0.15) is 11.8 Å². The van der Waals surface area contributed by atoms with Gasteiger partial charge in [-0.1, -0.05) is 32.0 Å². The molecule has 24 heavy (non-hydrogen) atoms. The van der Waals surface area contributed by atoms with Crippen molar-refractivity contribution in [1.29, 1.82) is 5.26 Å². The van der Waals surface area contributed by atoms with Crippen LogP contribution in [-0.4, -0.2) is 26.2 Å². The lowest BCUT2D eigenvalue weighted by atomic mass is 10.1. The van der Waals surface area contributed by atoms with Crippen LogP contribution in [0.2, 0.25) is 0 Å². The van der Waals surface area contributed by atoms with Crippen molar-refractivity contribution in [2.24, 2.45) is 0 Å². The first-order chi connectivity index (χ1) is 11.6. The molecule has 124 valence electrons. The smallest absolute Gasteiger partial charge is 0.356 e. The Morgan fingerprint density at radius 1 is 1.08 bits per heavy atom. The fraction of sp³-hybridized carbons (Fsp3) is 0.368. The van der Waals surface area contributed by atoms with Crippen molar-refractivity contribution in [3.05, 3.63) is 58.1 Å². The first-order valence-electron chi connectivity index (χ1n) is 8.23. The largest absolute Gasteiger partial charge is 0.427 e. The lowest BCUT2D eigenvalue weighted by Crippen LogP contribution is -2.47. The van der Waals surface area contributed by atoms with Crippen molar-refractivity contribution >= 4 is 11.4 Å². The number of anilines is 2. The van der Waals surface area contributed by atoms with E-state index in [-0.39, 0.29) is 11.5 Å². The number of hydrogen-bond acceptors (Lipinski definition) is 5. The molecule has 1 aromatic carbocycles. The molecule has 2 aromatic rings. The van der Waals surface area contributed by atoms with E-state index in [4.69, 9.17) is 4.42 Å². The molecule has 0 amide bonds. The Morgan fingerprint density at radius 2 is 1.71 bits per heavy atom. The Balaban J connectivity index is 1.84. The second-order valence-electron chi connectivity index (χ2n) is 6.27. The standard InChI is InChI=1S/C19H21N3O2/c1-14(2)18-12-17(16(13-20)19(23)24-18)22-10-8-21(9-11-22)15-6-4-3-5-7-15/h3-7,12,14H,8-11H2,1-2H3. The molecule has 1 aliphatic heterocycles. The lowest BCUT2D eigenvalue weighted by Gasteiger charge is -2.37. The second kappa shape index (κ2) is 6.79. The van der Waals surface area contributed by atoms with Crippen LogP contribution in [-0.2, 0) is 0 Å². The summed E-state index contributed by atoms with van der Waals surface area (Å²) in [5.41, 5.74) is 1.47. The molecular formula is C19H21N3O2. The number of nitrogens with zero attached hydrogens (tertiary/aromatic N) is 3. The van der Waals surface area contributed by atoms with E-state index in [1.807, 2.05) is 44.2 Å². The highest BCUT2D eigenvalue weighted by Gasteiger charge is 2.23. The van der Waals surface area contributed by atoms with E-state index in [0.29, 0.717) is 11.4 Å². The topological polar surface area (TPSA) is 60.5 Å². The van der Waals surface area contributed by atoms with Crippen LogP contribution in [0.15, 0.2) is 45.6 Å². The molecular weight excluding hydrogens is 302 g/mol. The van der Waals surface area contributed by atoms with Crippen molar-refractivity contribution in [3.63, 3.8) is 0 Å². The Hall–Kier alpha value is -2.74. The fourth-order valence-electron chi connectivity index (χ4n) is 2.98. The summed E-state index contributed by atoms with van der Waals surface area (Å²) in [4.78, 5) is 16.5. The highest BCUT2D eigenvalue weighted by atomic mass is 16.4. The molecule has 0 saturated carbocycles. The minimum Gasteiger partial charge on any atom is -0.427 e. The summed E-state index contributed by atoms with van der Waals surface area (Å²) in [5.74, 6) is 0.731. The third-order valence-electron chi connectivity index (χ3n) is 4.37. The van der Waals surface area contributed by atoms with Gasteiger partial charge in [-0.2, -0.15) is 5.26 Å². The van der Waals surface area contributed by atoms with Crippen LogP contribution in [0.25, 0.3) is 0 Å². The van der Waals surface area contributed by atoms with E-state index < -0.39 is 5.63 Å². The molecule has 2 heterocycles. The molecule has 1 fully saturated rings. The normalized spacial score (nSPS) is 14.8. The molecule has 0 aliphatic carbocycles. The zero-order valence-electron chi connectivity index (χ0n) is 14.0. The van der Waals surface area contributed by atoms with Crippen molar-refractivity contribution in [2.45, 2.75) is 19.8 Å². The van der Waals surface area contributed by atoms with E-state index in [1.165, 1.54) is 5.69 Å². The van der Waals surface area contributed by atoms with Crippen molar-refractivity contribution < 1.29 is 4.42 Å². The predicted molar refractivity (Wildman–Crippen MR) is 94.7 cm³/mol. The number of nitriles is 1. The Labute approximate surface area is 141 Å². The molecule has 0 spiro atoms. The van der Waals surface area contributed by atoms with E-state index >= 15 is 0 Å². The molecule has 5 nitrogen and oxygen atoms in total. The van der Waals surface area contributed by atoms with Crippen molar-refractivity contribution in [3.8, 4) is 6.07 Å². The van der Waals surface area contributed by atoms with Gasteiger partial charge in [0.2, 0.25) is 0 Å². The highest BCUT2D eigenvalue weighted by molar-refractivity contribution is 5.60. The number of hydrogen-bond donors (Lipinski definition) is 0. The summed E-state index contributed by atoms with van der Waals surface area (Å²) in [6.45, 7) is 7.19. The van der Waals surface area contributed by atoms with Crippen LogP contribution in [0.3, 0.4) is 0 Å². The van der Waals surface area contributed by atoms with E-state index in [1.54, 1.807) is 0 Å². The molecule has 0 atom stereocenters. The number of benzene rings is 1. The summed E-state index contributed by atoms with van der Waals surface area (Å²) in [5, 5.41) is 9.34. The zero-order valence-corrected chi connectivity index (χ0v) is 14.0. The minimum absolute atomic E-state index is 0.104. The van der Waals surface area contributed by atoms with Crippen LogP contribution < -0.4 is 15.4 Å². The van der Waals surface area contributed by atoms with Gasteiger partial charge in [0.25, 0.3) is 0 Å². The van der Waals surface area contributed by atoms with Gasteiger partial charge < -0.3 is 14.2 Å². The average Bonchev–Trinajstić information content (AvgIpc) is 2.62. The van der Waals surface area contributed by atoms with Gasteiger partial charge in [-0.3, -0.25) is 0 Å². The third kappa shape index (κ3) is 3.13. The average molecular weight is 323 g/mol. The lowest BCUT2D eigenvalue weighted by molar-refractivity contribution is 0.438. The molecule has 5 heteroatoms. The summed E-state index contributed by atoms with van der Waals surface area (Å²) >= 11 is 0. The number of piperazine rings is 1. The maximum Gasteiger partial charge on any atom is 0.356 e. The third-order valence-corrected chi connectivity index (χ3v) is 4.37. The van der Waals surface area contributed by atoms with Crippen LogP contribution >= 0.6 is 0 Å². The summed E-state index contributed by atoms with van der Waals surface area (Å²) in [6.07, 6.45) is 0. The maximum atomic E-state index is 12.1. The van der Waals surface area contributed by atoms with Gasteiger partial charge in [0.15, 0.2) is 5.56 Å². The Kier molecular flexibility index (Phi) is 4.57. The molecule has 1 aliphatic rings.